The predicted octanol–water partition coefficient (Wildman–Crippen LogP) is 5.02. The van der Waals surface area contributed by atoms with Gasteiger partial charge in [0, 0.05) is 19.6 Å². The highest BCUT2D eigenvalue weighted by molar-refractivity contribution is 6.35. The molecule has 168 valence electrons. The molecule has 1 heterocycles. The molecule has 1 aliphatic heterocycles. The second kappa shape index (κ2) is 10.0. The molecule has 0 saturated heterocycles. The van der Waals surface area contributed by atoms with Gasteiger partial charge in [-0.05, 0) is 42.5 Å². The first-order valence-corrected chi connectivity index (χ1v) is 11.7. The Hall–Kier alpha value is -3.08. The van der Waals surface area contributed by atoms with E-state index in [4.69, 9.17) is 4.74 Å². The van der Waals surface area contributed by atoms with Gasteiger partial charge in [0.15, 0.2) is 0 Å². The molecule has 4 rings (SSSR count). The molecule has 1 fully saturated rings. The van der Waals surface area contributed by atoms with Crippen LogP contribution in [0.3, 0.4) is 0 Å². The van der Waals surface area contributed by atoms with Crippen molar-refractivity contribution in [1.82, 2.24) is 9.80 Å². The van der Waals surface area contributed by atoms with Crippen LogP contribution in [-0.2, 0) is 16.1 Å². The van der Waals surface area contributed by atoms with Gasteiger partial charge in [0.25, 0.3) is 11.8 Å². The number of imide groups is 1. The molecule has 0 N–H and O–H groups in total. The molecule has 0 aromatic heterocycles. The number of likely N-dealkylation sites (N-methyl/N-ethyl adjacent to an activating group) is 1. The number of hydrogen-bond acceptors (Lipinski definition) is 4. The fourth-order valence-corrected chi connectivity index (χ4v) is 4.69. The van der Waals surface area contributed by atoms with Crippen LogP contribution in [0, 0.1) is 0 Å². The van der Waals surface area contributed by atoms with Crippen LogP contribution in [0.2, 0.25) is 0 Å². The summed E-state index contributed by atoms with van der Waals surface area (Å²) in [4.78, 5) is 30.7. The molecular formula is C27H32N2O3. The number of nitrogens with zero attached hydrogens (tertiary/aromatic N) is 2. The Morgan fingerprint density at radius 1 is 0.938 bits per heavy atom. The normalized spacial score (nSPS) is 17.2. The molecule has 0 spiro atoms. The lowest BCUT2D eigenvalue weighted by molar-refractivity contribution is -0.140. The lowest BCUT2D eigenvalue weighted by Crippen LogP contribution is -2.43. The second-order valence-corrected chi connectivity index (χ2v) is 8.71. The standard InChI is InChI=1S/C27H32N2O3/c1-3-18-32-23-16-14-21(15-17-23)24-25(28(2)19-20-10-6-4-7-11-20)27(31)29(26(24)30)22-12-8-5-9-13-22/h4,6-7,10-11,14-17,22H,3,5,8-9,12-13,18-19H2,1-2H3. The summed E-state index contributed by atoms with van der Waals surface area (Å²) in [5.41, 5.74) is 2.86. The molecule has 2 aliphatic rings. The number of ether oxygens (including phenoxy) is 1. The smallest absolute Gasteiger partial charge is 0.278 e. The first kappa shape index (κ1) is 22.1. The topological polar surface area (TPSA) is 49.9 Å². The first-order valence-electron chi connectivity index (χ1n) is 11.7. The lowest BCUT2D eigenvalue weighted by atomic mass is 9.94. The van der Waals surface area contributed by atoms with E-state index in [1.807, 2.05) is 66.5 Å². The molecular weight excluding hydrogens is 400 g/mol. The number of benzene rings is 2. The van der Waals surface area contributed by atoms with Crippen LogP contribution in [0.25, 0.3) is 5.57 Å². The van der Waals surface area contributed by atoms with Crippen molar-refractivity contribution in [3.05, 3.63) is 71.4 Å². The summed E-state index contributed by atoms with van der Waals surface area (Å²) in [5.74, 6) is 0.442. The monoisotopic (exact) mass is 432 g/mol. The van der Waals surface area contributed by atoms with Crippen molar-refractivity contribution in [3.8, 4) is 5.75 Å². The van der Waals surface area contributed by atoms with Gasteiger partial charge in [0.05, 0.1) is 12.2 Å². The van der Waals surface area contributed by atoms with E-state index in [0.717, 1.165) is 49.0 Å². The molecule has 1 aliphatic carbocycles. The van der Waals surface area contributed by atoms with Gasteiger partial charge >= 0.3 is 0 Å². The summed E-state index contributed by atoms with van der Waals surface area (Å²) in [5, 5.41) is 0. The Morgan fingerprint density at radius 2 is 1.62 bits per heavy atom. The average Bonchev–Trinajstić information content (AvgIpc) is 3.09. The maximum absolute atomic E-state index is 13.6. The maximum Gasteiger partial charge on any atom is 0.278 e. The summed E-state index contributed by atoms with van der Waals surface area (Å²) in [6.07, 6.45) is 6.03. The Labute approximate surface area is 190 Å². The van der Waals surface area contributed by atoms with Gasteiger partial charge in [-0.1, -0.05) is 68.7 Å². The lowest BCUT2D eigenvalue weighted by Gasteiger charge is -2.30. The van der Waals surface area contributed by atoms with Gasteiger partial charge in [-0.2, -0.15) is 0 Å². The number of amides is 2. The quantitative estimate of drug-likeness (QED) is 0.550. The van der Waals surface area contributed by atoms with Crippen molar-refractivity contribution in [2.45, 2.75) is 58.0 Å². The van der Waals surface area contributed by atoms with Crippen LogP contribution < -0.4 is 4.74 Å². The largest absolute Gasteiger partial charge is 0.494 e. The van der Waals surface area contributed by atoms with Crippen molar-refractivity contribution in [2.24, 2.45) is 0 Å². The highest BCUT2D eigenvalue weighted by Crippen LogP contribution is 2.36. The molecule has 32 heavy (non-hydrogen) atoms. The second-order valence-electron chi connectivity index (χ2n) is 8.71. The summed E-state index contributed by atoms with van der Waals surface area (Å²) >= 11 is 0. The van der Waals surface area contributed by atoms with Gasteiger partial charge in [-0.3, -0.25) is 14.5 Å². The average molecular weight is 433 g/mol. The number of hydrogen-bond donors (Lipinski definition) is 0. The van der Waals surface area contributed by atoms with E-state index in [-0.39, 0.29) is 17.9 Å². The summed E-state index contributed by atoms with van der Waals surface area (Å²) in [6, 6.07) is 17.6. The summed E-state index contributed by atoms with van der Waals surface area (Å²) in [6.45, 7) is 3.28. The number of carbonyl (C=O) groups is 2. The third-order valence-electron chi connectivity index (χ3n) is 6.29. The summed E-state index contributed by atoms with van der Waals surface area (Å²) in [7, 11) is 1.90. The fourth-order valence-electron chi connectivity index (χ4n) is 4.69. The van der Waals surface area contributed by atoms with Crippen molar-refractivity contribution >= 4 is 17.4 Å². The molecule has 5 heteroatoms. The van der Waals surface area contributed by atoms with E-state index in [1.165, 1.54) is 11.3 Å². The van der Waals surface area contributed by atoms with E-state index in [2.05, 4.69) is 6.92 Å². The highest BCUT2D eigenvalue weighted by atomic mass is 16.5. The summed E-state index contributed by atoms with van der Waals surface area (Å²) < 4.78 is 5.70. The van der Waals surface area contributed by atoms with Gasteiger partial charge in [-0.15, -0.1) is 0 Å². The van der Waals surface area contributed by atoms with Crippen LogP contribution >= 0.6 is 0 Å². The number of carbonyl (C=O) groups excluding carboxylic acids is 2. The Balaban J connectivity index is 1.69. The Bertz CT molecular complexity index is 976. The number of rotatable bonds is 8. The van der Waals surface area contributed by atoms with Gasteiger partial charge in [-0.25, -0.2) is 0 Å². The molecule has 2 amide bonds. The minimum Gasteiger partial charge on any atom is -0.494 e. The van der Waals surface area contributed by atoms with Gasteiger partial charge in [0.1, 0.15) is 11.4 Å². The van der Waals surface area contributed by atoms with Gasteiger partial charge < -0.3 is 9.64 Å². The third kappa shape index (κ3) is 4.57. The van der Waals surface area contributed by atoms with Crippen LogP contribution in [-0.4, -0.2) is 41.3 Å². The molecule has 0 bridgehead atoms. The van der Waals surface area contributed by atoms with E-state index in [9.17, 15) is 9.59 Å². The molecule has 5 nitrogen and oxygen atoms in total. The highest BCUT2D eigenvalue weighted by Gasteiger charge is 2.44. The van der Waals surface area contributed by atoms with Crippen LogP contribution in [0.5, 0.6) is 5.75 Å². The molecule has 0 atom stereocenters. The van der Waals surface area contributed by atoms with Crippen molar-refractivity contribution in [1.29, 1.82) is 0 Å². The van der Waals surface area contributed by atoms with E-state index < -0.39 is 0 Å². The molecule has 2 aromatic carbocycles. The van der Waals surface area contributed by atoms with E-state index in [1.54, 1.807) is 0 Å². The zero-order chi connectivity index (χ0) is 22.5. The molecule has 0 radical (unpaired) electrons. The molecule has 2 aromatic rings. The Kier molecular flexibility index (Phi) is 6.93. The minimum absolute atomic E-state index is 0.00599. The van der Waals surface area contributed by atoms with E-state index in [0.29, 0.717) is 24.4 Å². The fraction of sp³-hybridized carbons (Fsp3) is 0.407. The van der Waals surface area contributed by atoms with Crippen LogP contribution in [0.1, 0.15) is 56.6 Å². The van der Waals surface area contributed by atoms with Crippen molar-refractivity contribution < 1.29 is 14.3 Å². The Morgan fingerprint density at radius 3 is 2.28 bits per heavy atom. The SMILES string of the molecule is CCCOc1ccc(C2=C(N(C)Cc3ccccc3)C(=O)N(C3CCCCC3)C2=O)cc1. The molecule has 0 unspecified atom stereocenters. The van der Waals surface area contributed by atoms with Crippen LogP contribution in [0.4, 0.5) is 0 Å². The van der Waals surface area contributed by atoms with Gasteiger partial charge in [0.2, 0.25) is 0 Å². The van der Waals surface area contributed by atoms with Crippen molar-refractivity contribution in [2.75, 3.05) is 13.7 Å². The maximum atomic E-state index is 13.6. The minimum atomic E-state index is -0.168. The zero-order valence-electron chi connectivity index (χ0n) is 19.0. The predicted molar refractivity (Wildman–Crippen MR) is 126 cm³/mol. The first-order chi connectivity index (χ1) is 15.6. The zero-order valence-corrected chi connectivity index (χ0v) is 19.0. The molecule has 1 saturated carbocycles. The van der Waals surface area contributed by atoms with Crippen LogP contribution in [0.15, 0.2) is 60.3 Å². The van der Waals surface area contributed by atoms with Crippen molar-refractivity contribution in [3.63, 3.8) is 0 Å². The van der Waals surface area contributed by atoms with E-state index >= 15 is 0 Å². The third-order valence-corrected chi connectivity index (χ3v) is 6.29.